The Morgan fingerprint density at radius 1 is 1.21 bits per heavy atom. The Hall–Kier alpha value is -2.16. The summed E-state index contributed by atoms with van der Waals surface area (Å²) in [5.74, 6) is 0.368. The van der Waals surface area contributed by atoms with Crippen LogP contribution in [0.2, 0.25) is 0 Å². The van der Waals surface area contributed by atoms with Crippen molar-refractivity contribution in [3.8, 4) is 0 Å². The van der Waals surface area contributed by atoms with E-state index in [1.54, 1.807) is 24.3 Å². The van der Waals surface area contributed by atoms with Crippen LogP contribution in [0.3, 0.4) is 0 Å². The molecule has 2 aromatic heterocycles. The van der Waals surface area contributed by atoms with Crippen LogP contribution in [0.5, 0.6) is 0 Å². The van der Waals surface area contributed by atoms with Gasteiger partial charge in [-0.1, -0.05) is 0 Å². The van der Waals surface area contributed by atoms with Gasteiger partial charge in [0.15, 0.2) is 5.76 Å². The van der Waals surface area contributed by atoms with Gasteiger partial charge < -0.3 is 24.9 Å². The van der Waals surface area contributed by atoms with E-state index in [1.165, 1.54) is 17.6 Å². The molecule has 1 aliphatic heterocycles. The van der Waals surface area contributed by atoms with Crippen LogP contribution in [-0.2, 0) is 0 Å². The van der Waals surface area contributed by atoms with Gasteiger partial charge in [-0.3, -0.25) is 9.59 Å². The minimum Gasteiger partial charge on any atom is -0.459 e. The van der Waals surface area contributed by atoms with Crippen molar-refractivity contribution >= 4 is 28.2 Å². The number of likely N-dealkylation sites (N-methyl/N-ethyl adjacent to an activating group) is 1. The fraction of sp³-hybridized carbons (Fsp3) is 0.500. The second-order valence-corrected chi connectivity index (χ2v) is 8.48. The lowest BCUT2D eigenvalue weighted by molar-refractivity contribution is 0.0938. The fourth-order valence-corrected chi connectivity index (χ4v) is 4.01. The lowest BCUT2D eigenvalue weighted by Gasteiger charge is -2.32. The zero-order valence-corrected chi connectivity index (χ0v) is 17.3. The number of nitrogens with zero attached hydrogens (tertiary/aromatic N) is 2. The molecule has 0 saturated carbocycles. The van der Waals surface area contributed by atoms with Gasteiger partial charge in [-0.25, -0.2) is 0 Å². The summed E-state index contributed by atoms with van der Waals surface area (Å²) in [6, 6.07) is 6.74. The van der Waals surface area contributed by atoms with Crippen molar-refractivity contribution in [3.05, 3.63) is 41.2 Å². The number of thiophene rings is 1. The first-order valence-corrected chi connectivity index (χ1v) is 10.4. The number of likely N-dealkylation sites (tertiary alicyclic amines) is 1. The normalized spacial score (nSPS) is 15.7. The molecule has 3 rings (SSSR count). The lowest BCUT2D eigenvalue weighted by Crippen LogP contribution is -2.41. The molecule has 152 valence electrons. The van der Waals surface area contributed by atoms with Crippen LogP contribution in [0.1, 0.15) is 33.1 Å². The molecule has 0 bridgehead atoms. The van der Waals surface area contributed by atoms with Crippen molar-refractivity contribution in [2.45, 2.75) is 12.8 Å². The van der Waals surface area contributed by atoms with E-state index in [0.717, 1.165) is 39.0 Å². The van der Waals surface area contributed by atoms with Gasteiger partial charge in [0, 0.05) is 19.6 Å². The van der Waals surface area contributed by atoms with E-state index in [4.69, 9.17) is 4.42 Å². The van der Waals surface area contributed by atoms with Crippen molar-refractivity contribution in [1.82, 2.24) is 15.1 Å². The number of anilines is 1. The summed E-state index contributed by atoms with van der Waals surface area (Å²) in [6.07, 6.45) is 3.68. The second-order valence-electron chi connectivity index (χ2n) is 7.39. The highest BCUT2D eigenvalue weighted by Gasteiger charge is 2.20. The van der Waals surface area contributed by atoms with Gasteiger partial charge >= 0.3 is 0 Å². The van der Waals surface area contributed by atoms with Crippen LogP contribution in [0.25, 0.3) is 0 Å². The lowest BCUT2D eigenvalue weighted by atomic mass is 9.97. The van der Waals surface area contributed by atoms with Gasteiger partial charge in [0.2, 0.25) is 0 Å². The molecule has 0 spiro atoms. The van der Waals surface area contributed by atoms with E-state index < -0.39 is 0 Å². The molecule has 0 aliphatic carbocycles. The first-order valence-electron chi connectivity index (χ1n) is 9.61. The Balaban J connectivity index is 1.40. The molecule has 0 atom stereocenters. The molecule has 2 N–H and O–H groups in total. The van der Waals surface area contributed by atoms with Gasteiger partial charge in [-0.2, -0.15) is 0 Å². The summed E-state index contributed by atoms with van der Waals surface area (Å²) in [7, 11) is 4.20. The number of amides is 2. The molecule has 7 nitrogen and oxygen atoms in total. The van der Waals surface area contributed by atoms with Crippen LogP contribution < -0.4 is 10.6 Å². The van der Waals surface area contributed by atoms with Gasteiger partial charge in [-0.05, 0) is 70.2 Å². The first kappa shape index (κ1) is 20.6. The summed E-state index contributed by atoms with van der Waals surface area (Å²) in [6.45, 7) is 5.07. The predicted octanol–water partition coefficient (Wildman–Crippen LogP) is 2.60. The smallest absolute Gasteiger partial charge is 0.291 e. The van der Waals surface area contributed by atoms with E-state index >= 15 is 0 Å². The van der Waals surface area contributed by atoms with Gasteiger partial charge in [0.25, 0.3) is 11.8 Å². The third-order valence-corrected chi connectivity index (χ3v) is 5.93. The minimum absolute atomic E-state index is 0.0847. The van der Waals surface area contributed by atoms with Crippen LogP contribution in [0.4, 0.5) is 5.00 Å². The molecular weight excluding hydrogens is 376 g/mol. The molecule has 2 amide bonds. The largest absolute Gasteiger partial charge is 0.459 e. The average Bonchev–Trinajstić information content (AvgIpc) is 3.37. The summed E-state index contributed by atoms with van der Waals surface area (Å²) < 4.78 is 5.07. The molecule has 3 heterocycles. The maximum Gasteiger partial charge on any atom is 0.291 e. The Labute approximate surface area is 169 Å². The third kappa shape index (κ3) is 5.92. The number of hydrogen-bond acceptors (Lipinski definition) is 6. The Kier molecular flexibility index (Phi) is 7.24. The Bertz CT molecular complexity index is 764. The molecule has 8 heteroatoms. The number of carbonyl (C=O) groups excluding carboxylic acids is 2. The third-order valence-electron chi connectivity index (χ3n) is 4.93. The Morgan fingerprint density at radius 3 is 2.68 bits per heavy atom. The Morgan fingerprint density at radius 2 is 2.00 bits per heavy atom. The monoisotopic (exact) mass is 404 g/mol. The number of piperidine rings is 1. The number of rotatable bonds is 8. The predicted molar refractivity (Wildman–Crippen MR) is 111 cm³/mol. The molecule has 0 radical (unpaired) electrons. The number of furan rings is 1. The van der Waals surface area contributed by atoms with E-state index in [9.17, 15) is 9.59 Å². The zero-order valence-electron chi connectivity index (χ0n) is 16.4. The van der Waals surface area contributed by atoms with E-state index in [1.807, 2.05) is 0 Å². The molecule has 0 aromatic carbocycles. The van der Waals surface area contributed by atoms with Gasteiger partial charge in [0.1, 0.15) is 0 Å². The molecule has 1 saturated heterocycles. The fourth-order valence-electron chi connectivity index (χ4n) is 3.19. The highest BCUT2D eigenvalue weighted by Crippen LogP contribution is 2.23. The highest BCUT2D eigenvalue weighted by atomic mass is 32.1. The number of carbonyl (C=O) groups is 2. The molecular formula is C20H28N4O3S. The van der Waals surface area contributed by atoms with Crippen LogP contribution in [-0.4, -0.2) is 68.4 Å². The topological polar surface area (TPSA) is 77.8 Å². The van der Waals surface area contributed by atoms with E-state index in [2.05, 4.69) is 34.5 Å². The molecule has 28 heavy (non-hydrogen) atoms. The quantitative estimate of drug-likeness (QED) is 0.707. The number of hydrogen-bond donors (Lipinski definition) is 2. The average molecular weight is 405 g/mol. The van der Waals surface area contributed by atoms with Gasteiger partial charge in [-0.15, -0.1) is 11.3 Å². The minimum atomic E-state index is -0.320. The second kappa shape index (κ2) is 9.86. The van der Waals surface area contributed by atoms with E-state index in [0.29, 0.717) is 22.3 Å². The highest BCUT2D eigenvalue weighted by molar-refractivity contribution is 7.18. The van der Waals surface area contributed by atoms with Crippen LogP contribution in [0, 0.1) is 5.92 Å². The molecule has 0 unspecified atom stereocenters. The number of nitrogens with one attached hydrogen (secondary N) is 2. The summed E-state index contributed by atoms with van der Waals surface area (Å²) in [4.78, 5) is 29.7. The SMILES string of the molecule is CN(C)CCN1CCC(CNC(=O)c2ccc(NC(=O)c3ccco3)s2)CC1. The summed E-state index contributed by atoms with van der Waals surface area (Å²) >= 11 is 1.26. The molecule has 1 aliphatic rings. The van der Waals surface area contributed by atoms with Crippen molar-refractivity contribution in [1.29, 1.82) is 0 Å². The summed E-state index contributed by atoms with van der Waals surface area (Å²) in [5.41, 5.74) is 0. The maximum atomic E-state index is 12.4. The van der Waals surface area contributed by atoms with E-state index in [-0.39, 0.29) is 17.6 Å². The van der Waals surface area contributed by atoms with Crippen molar-refractivity contribution in [3.63, 3.8) is 0 Å². The van der Waals surface area contributed by atoms with Crippen LogP contribution in [0.15, 0.2) is 34.9 Å². The zero-order chi connectivity index (χ0) is 19.9. The first-order chi connectivity index (χ1) is 13.5. The van der Waals surface area contributed by atoms with Gasteiger partial charge in [0.05, 0.1) is 16.1 Å². The van der Waals surface area contributed by atoms with Crippen molar-refractivity contribution in [2.75, 3.05) is 52.1 Å². The summed E-state index contributed by atoms with van der Waals surface area (Å²) in [5, 5.41) is 6.41. The standard InChI is InChI=1S/C20H28N4O3S/c1-23(2)11-12-24-9-7-15(8-10-24)14-21-20(26)17-5-6-18(28-17)22-19(25)16-4-3-13-27-16/h3-6,13,15H,7-12,14H2,1-2H3,(H,21,26)(H,22,25). The maximum absolute atomic E-state index is 12.4. The van der Waals surface area contributed by atoms with Crippen molar-refractivity contribution < 1.29 is 14.0 Å². The van der Waals surface area contributed by atoms with Crippen molar-refractivity contribution in [2.24, 2.45) is 5.92 Å². The van der Waals surface area contributed by atoms with Crippen LogP contribution >= 0.6 is 11.3 Å². The molecule has 1 fully saturated rings. The molecule has 2 aromatic rings.